The van der Waals surface area contributed by atoms with Crippen LogP contribution in [0.4, 0.5) is 0 Å². The van der Waals surface area contributed by atoms with E-state index in [1.165, 1.54) is 6.92 Å². The number of aliphatic hydroxyl groups excluding tert-OH is 3. The molecule has 1 unspecified atom stereocenters. The second kappa shape index (κ2) is 3.27. The lowest BCUT2D eigenvalue weighted by atomic mass is 10.1. The van der Waals surface area contributed by atoms with E-state index in [2.05, 4.69) is 0 Å². The molecule has 0 bridgehead atoms. The highest BCUT2D eigenvalue weighted by atomic mass is 16.7. The number of hydrogen-bond acceptors (Lipinski definition) is 5. The topological polar surface area (TPSA) is 90.2 Å². The Morgan fingerprint density at radius 1 is 1.67 bits per heavy atom. The van der Waals surface area contributed by atoms with E-state index in [9.17, 15) is 10.2 Å². The molecule has 4 N–H and O–H groups in total. The van der Waals surface area contributed by atoms with Gasteiger partial charge in [0, 0.05) is 6.42 Å². The van der Waals surface area contributed by atoms with Crippen LogP contribution in [-0.4, -0.2) is 51.1 Å². The summed E-state index contributed by atoms with van der Waals surface area (Å²) < 4.78 is 4.91. The predicted molar refractivity (Wildman–Crippen MR) is 39.2 cm³/mol. The third-order valence-corrected chi connectivity index (χ3v) is 1.92. The average Bonchev–Trinajstić information content (AvgIpc) is 2.23. The molecule has 4 atom stereocenters. The monoisotopic (exact) mass is 178 g/mol. The van der Waals surface area contributed by atoms with E-state index in [0.717, 1.165) is 0 Å². The van der Waals surface area contributed by atoms with Crippen LogP contribution < -0.4 is 0 Å². The molecule has 1 fully saturated rings. The van der Waals surface area contributed by atoms with Crippen molar-refractivity contribution < 1.29 is 25.2 Å². The number of aliphatic hydroxyl groups is 4. The maximum Gasteiger partial charge on any atom is 0.165 e. The molecule has 0 aromatic rings. The van der Waals surface area contributed by atoms with Crippen LogP contribution in [0, 0.1) is 0 Å². The smallest absolute Gasteiger partial charge is 0.165 e. The minimum absolute atomic E-state index is 0.0503. The van der Waals surface area contributed by atoms with Gasteiger partial charge in [-0.3, -0.25) is 0 Å². The molecule has 0 amide bonds. The second-order valence-electron chi connectivity index (χ2n) is 3.28. The maximum absolute atomic E-state index is 9.30. The van der Waals surface area contributed by atoms with E-state index in [-0.39, 0.29) is 6.42 Å². The number of ether oxygens (including phenoxy) is 1. The van der Waals surface area contributed by atoms with Crippen molar-refractivity contribution in [2.45, 2.75) is 37.4 Å². The summed E-state index contributed by atoms with van der Waals surface area (Å²) in [6, 6.07) is 0. The number of rotatable bonds is 2. The zero-order valence-electron chi connectivity index (χ0n) is 6.84. The number of hydrogen-bond donors (Lipinski definition) is 4. The van der Waals surface area contributed by atoms with Gasteiger partial charge in [0.15, 0.2) is 5.79 Å². The molecule has 5 nitrogen and oxygen atoms in total. The predicted octanol–water partition coefficient (Wildman–Crippen LogP) is -1.80. The van der Waals surface area contributed by atoms with Gasteiger partial charge in [-0.25, -0.2) is 0 Å². The molecular weight excluding hydrogens is 164 g/mol. The van der Waals surface area contributed by atoms with Gasteiger partial charge in [0.05, 0.1) is 12.7 Å². The van der Waals surface area contributed by atoms with Gasteiger partial charge in [-0.2, -0.15) is 0 Å². The maximum atomic E-state index is 9.30. The lowest BCUT2D eigenvalue weighted by molar-refractivity contribution is -0.200. The molecule has 1 rings (SSSR count). The summed E-state index contributed by atoms with van der Waals surface area (Å²) in [4.78, 5) is 0. The standard InChI is InChI=1S/C7H14O5/c1-7(11)2-4(9)6(12-7)5(10)3-8/h4-6,8-11H,2-3H2,1H3/t4-,5-,6-,7?/m1/s1. The Hall–Kier alpha value is -0.200. The van der Waals surface area contributed by atoms with Crippen LogP contribution in [0.3, 0.4) is 0 Å². The molecule has 12 heavy (non-hydrogen) atoms. The molecule has 0 saturated carbocycles. The van der Waals surface area contributed by atoms with Gasteiger partial charge in [-0.05, 0) is 6.92 Å². The zero-order valence-corrected chi connectivity index (χ0v) is 6.84. The van der Waals surface area contributed by atoms with Crippen molar-refractivity contribution in [3.63, 3.8) is 0 Å². The van der Waals surface area contributed by atoms with Crippen LogP contribution in [0.1, 0.15) is 13.3 Å². The largest absolute Gasteiger partial charge is 0.394 e. The first-order valence-corrected chi connectivity index (χ1v) is 3.83. The van der Waals surface area contributed by atoms with Gasteiger partial charge < -0.3 is 25.2 Å². The molecule has 5 heteroatoms. The van der Waals surface area contributed by atoms with Gasteiger partial charge in [0.2, 0.25) is 0 Å². The van der Waals surface area contributed by atoms with Gasteiger partial charge in [-0.1, -0.05) is 0 Å². The molecule has 0 aliphatic carbocycles. The molecule has 0 aromatic carbocycles. The Bertz CT molecular complexity index is 158. The van der Waals surface area contributed by atoms with Crippen molar-refractivity contribution in [1.82, 2.24) is 0 Å². The van der Waals surface area contributed by atoms with Crippen LogP contribution in [0.25, 0.3) is 0 Å². The first-order chi connectivity index (χ1) is 5.46. The lowest BCUT2D eigenvalue weighted by Gasteiger charge is -2.20. The Balaban J connectivity index is 2.57. The molecule has 0 spiro atoms. The van der Waals surface area contributed by atoms with E-state index in [0.29, 0.717) is 0 Å². The van der Waals surface area contributed by atoms with Crippen LogP contribution >= 0.6 is 0 Å². The molecule has 0 radical (unpaired) electrons. The molecule has 1 aliphatic rings. The summed E-state index contributed by atoms with van der Waals surface area (Å²) in [5.41, 5.74) is 0. The fourth-order valence-corrected chi connectivity index (χ4v) is 1.36. The van der Waals surface area contributed by atoms with Crippen LogP contribution in [0.15, 0.2) is 0 Å². The Labute approximate surface area is 70.2 Å². The molecular formula is C7H14O5. The summed E-state index contributed by atoms with van der Waals surface area (Å²) in [5, 5.41) is 36.2. The third-order valence-electron chi connectivity index (χ3n) is 1.92. The molecule has 72 valence electrons. The molecule has 0 aromatic heterocycles. The highest BCUT2D eigenvalue weighted by Gasteiger charge is 2.44. The minimum atomic E-state index is -1.40. The minimum Gasteiger partial charge on any atom is -0.394 e. The van der Waals surface area contributed by atoms with Gasteiger partial charge in [0.25, 0.3) is 0 Å². The van der Waals surface area contributed by atoms with Crippen molar-refractivity contribution in [2.24, 2.45) is 0 Å². The quantitative estimate of drug-likeness (QED) is 0.400. The Morgan fingerprint density at radius 3 is 2.58 bits per heavy atom. The van der Waals surface area contributed by atoms with E-state index in [1.807, 2.05) is 0 Å². The highest BCUT2D eigenvalue weighted by molar-refractivity contribution is 4.88. The second-order valence-corrected chi connectivity index (χ2v) is 3.28. The summed E-state index contributed by atoms with van der Waals surface area (Å²) >= 11 is 0. The lowest BCUT2D eigenvalue weighted by Crippen LogP contribution is -2.37. The summed E-state index contributed by atoms with van der Waals surface area (Å²) in [6.07, 6.45) is -2.92. The summed E-state index contributed by atoms with van der Waals surface area (Å²) in [6.45, 7) is 0.915. The summed E-state index contributed by atoms with van der Waals surface area (Å²) in [5.74, 6) is -1.40. The van der Waals surface area contributed by atoms with Crippen LogP contribution in [0.5, 0.6) is 0 Å². The fourth-order valence-electron chi connectivity index (χ4n) is 1.36. The van der Waals surface area contributed by atoms with Crippen molar-refractivity contribution in [3.05, 3.63) is 0 Å². The van der Waals surface area contributed by atoms with E-state index in [4.69, 9.17) is 14.9 Å². The van der Waals surface area contributed by atoms with Crippen molar-refractivity contribution in [3.8, 4) is 0 Å². The Morgan fingerprint density at radius 2 is 2.25 bits per heavy atom. The normalized spacial score (nSPS) is 44.8. The van der Waals surface area contributed by atoms with Crippen molar-refractivity contribution in [1.29, 1.82) is 0 Å². The first kappa shape index (κ1) is 9.88. The molecule has 1 aliphatic heterocycles. The third kappa shape index (κ3) is 1.94. The Kier molecular flexibility index (Phi) is 2.70. The van der Waals surface area contributed by atoms with E-state index < -0.39 is 30.7 Å². The van der Waals surface area contributed by atoms with E-state index in [1.54, 1.807) is 0 Å². The van der Waals surface area contributed by atoms with Gasteiger partial charge >= 0.3 is 0 Å². The SMILES string of the molecule is CC1(O)C[C@@H](O)[C@H]([C@H](O)CO)O1. The molecule has 1 heterocycles. The van der Waals surface area contributed by atoms with Crippen molar-refractivity contribution in [2.75, 3.05) is 6.61 Å². The summed E-state index contributed by atoms with van der Waals surface area (Å²) in [7, 11) is 0. The van der Waals surface area contributed by atoms with Crippen LogP contribution in [0.2, 0.25) is 0 Å². The fraction of sp³-hybridized carbons (Fsp3) is 1.00. The average molecular weight is 178 g/mol. The van der Waals surface area contributed by atoms with E-state index >= 15 is 0 Å². The van der Waals surface area contributed by atoms with Gasteiger partial charge in [0.1, 0.15) is 12.2 Å². The zero-order chi connectivity index (χ0) is 9.35. The van der Waals surface area contributed by atoms with Crippen LogP contribution in [-0.2, 0) is 4.74 Å². The van der Waals surface area contributed by atoms with Crippen molar-refractivity contribution >= 4 is 0 Å². The van der Waals surface area contributed by atoms with Gasteiger partial charge in [-0.15, -0.1) is 0 Å². The highest BCUT2D eigenvalue weighted by Crippen LogP contribution is 2.29. The first-order valence-electron chi connectivity index (χ1n) is 3.83. The molecule has 1 saturated heterocycles.